The molecule has 0 aromatic heterocycles. The molecule has 1 saturated heterocycles. The van der Waals surface area contributed by atoms with E-state index < -0.39 is 0 Å². The molecule has 1 heteroatoms. The quantitative estimate of drug-likeness (QED) is 0.541. The second-order valence-corrected chi connectivity index (χ2v) is 4.32. The zero-order chi connectivity index (χ0) is 7.24. The summed E-state index contributed by atoms with van der Waals surface area (Å²) in [6.07, 6.45) is 4.84. The molecule has 1 saturated carbocycles. The molecule has 0 bridgehead atoms. The molecule has 56 valence electrons. The van der Waals surface area contributed by atoms with Crippen LogP contribution in [0.4, 0.5) is 0 Å². The van der Waals surface area contributed by atoms with Crippen LogP contribution in [-0.4, -0.2) is 13.1 Å². The predicted octanol–water partition coefficient (Wildman–Crippen LogP) is 1.56. The van der Waals surface area contributed by atoms with Crippen LogP contribution in [0, 0.1) is 10.8 Å². The Morgan fingerprint density at radius 1 is 1.40 bits per heavy atom. The molecule has 0 aromatic carbocycles. The van der Waals surface area contributed by atoms with Crippen molar-refractivity contribution in [3.05, 3.63) is 12.7 Å². The van der Waals surface area contributed by atoms with E-state index in [1.165, 1.54) is 25.9 Å². The Kier molecular flexibility index (Phi) is 1.06. The Labute approximate surface area is 62.5 Å². The van der Waals surface area contributed by atoms with E-state index in [2.05, 4.69) is 24.9 Å². The minimum atomic E-state index is 0.474. The topological polar surface area (TPSA) is 12.0 Å². The van der Waals surface area contributed by atoms with Gasteiger partial charge in [-0.3, -0.25) is 0 Å². The molecule has 1 nitrogen and oxygen atoms in total. The number of hydrogen-bond acceptors (Lipinski definition) is 1. The molecule has 1 aliphatic carbocycles. The second-order valence-electron chi connectivity index (χ2n) is 4.32. The molecule has 1 heterocycles. The Balaban J connectivity index is 1.98. The Morgan fingerprint density at radius 2 is 2.00 bits per heavy atom. The highest BCUT2D eigenvalue weighted by atomic mass is 15.0. The summed E-state index contributed by atoms with van der Waals surface area (Å²) in [5.74, 6) is 0. The van der Waals surface area contributed by atoms with Crippen molar-refractivity contribution >= 4 is 0 Å². The van der Waals surface area contributed by atoms with Crippen LogP contribution in [0.15, 0.2) is 12.7 Å². The Bertz CT molecular complexity index is 160. The molecule has 10 heavy (non-hydrogen) atoms. The van der Waals surface area contributed by atoms with Crippen molar-refractivity contribution in [3.63, 3.8) is 0 Å². The van der Waals surface area contributed by atoms with Gasteiger partial charge >= 0.3 is 0 Å². The first-order valence-electron chi connectivity index (χ1n) is 4.03. The molecule has 2 aliphatic rings. The van der Waals surface area contributed by atoms with Gasteiger partial charge in [0.05, 0.1) is 0 Å². The standard InChI is InChI=1S/C9H15N/c1-3-8(2)4-9(5-8)6-10-7-9/h3,10H,1,4-7H2,2H3. The summed E-state index contributed by atoms with van der Waals surface area (Å²) in [4.78, 5) is 0. The van der Waals surface area contributed by atoms with Gasteiger partial charge in [-0.2, -0.15) is 0 Å². The molecule has 0 atom stereocenters. The van der Waals surface area contributed by atoms with E-state index in [1.54, 1.807) is 0 Å². The minimum Gasteiger partial charge on any atom is -0.316 e. The van der Waals surface area contributed by atoms with Crippen LogP contribution >= 0.6 is 0 Å². The molecule has 1 spiro atoms. The molecule has 0 amide bonds. The highest BCUT2D eigenvalue weighted by Crippen LogP contribution is 2.56. The number of allylic oxidation sites excluding steroid dienone is 1. The molecule has 0 unspecified atom stereocenters. The summed E-state index contributed by atoms with van der Waals surface area (Å²) in [6, 6.07) is 0. The molecule has 2 rings (SSSR count). The Hall–Kier alpha value is -0.300. The maximum Gasteiger partial charge on any atom is 0.00209 e. The Morgan fingerprint density at radius 3 is 2.30 bits per heavy atom. The van der Waals surface area contributed by atoms with Crippen molar-refractivity contribution in [2.75, 3.05) is 13.1 Å². The van der Waals surface area contributed by atoms with E-state index in [9.17, 15) is 0 Å². The van der Waals surface area contributed by atoms with E-state index in [1.807, 2.05) is 0 Å². The fourth-order valence-corrected chi connectivity index (χ4v) is 2.53. The monoisotopic (exact) mass is 137 g/mol. The fraction of sp³-hybridized carbons (Fsp3) is 0.778. The number of nitrogens with one attached hydrogen (secondary N) is 1. The maximum absolute atomic E-state index is 3.86. The minimum absolute atomic E-state index is 0.474. The van der Waals surface area contributed by atoms with Gasteiger partial charge in [-0.05, 0) is 23.7 Å². The first kappa shape index (κ1) is 6.41. The second kappa shape index (κ2) is 1.65. The van der Waals surface area contributed by atoms with Gasteiger partial charge in [0, 0.05) is 13.1 Å². The van der Waals surface area contributed by atoms with E-state index in [4.69, 9.17) is 0 Å². The summed E-state index contributed by atoms with van der Waals surface area (Å²) in [5.41, 5.74) is 1.17. The SMILES string of the molecule is C=CC1(C)CC2(CNC2)C1. The number of hydrogen-bond donors (Lipinski definition) is 1. The summed E-state index contributed by atoms with van der Waals surface area (Å²) in [5, 5.41) is 3.33. The van der Waals surface area contributed by atoms with Gasteiger partial charge in [-0.25, -0.2) is 0 Å². The van der Waals surface area contributed by atoms with Crippen LogP contribution in [0.25, 0.3) is 0 Å². The third-order valence-corrected chi connectivity index (χ3v) is 3.05. The average Bonchev–Trinajstić information content (AvgIpc) is 1.77. The predicted molar refractivity (Wildman–Crippen MR) is 42.8 cm³/mol. The van der Waals surface area contributed by atoms with Gasteiger partial charge in [-0.1, -0.05) is 13.0 Å². The van der Waals surface area contributed by atoms with Crippen LogP contribution in [0.1, 0.15) is 19.8 Å². The van der Waals surface area contributed by atoms with Crippen molar-refractivity contribution in [3.8, 4) is 0 Å². The lowest BCUT2D eigenvalue weighted by Crippen LogP contribution is -2.62. The smallest absolute Gasteiger partial charge is 0.00209 e. The van der Waals surface area contributed by atoms with Gasteiger partial charge < -0.3 is 5.32 Å². The normalized spacial score (nSPS) is 32.5. The largest absolute Gasteiger partial charge is 0.316 e. The zero-order valence-electron chi connectivity index (χ0n) is 6.61. The van der Waals surface area contributed by atoms with Crippen LogP contribution in [0.5, 0.6) is 0 Å². The lowest BCUT2D eigenvalue weighted by molar-refractivity contribution is -0.0356. The van der Waals surface area contributed by atoms with Crippen LogP contribution in [0.3, 0.4) is 0 Å². The lowest BCUT2D eigenvalue weighted by Gasteiger charge is -2.59. The van der Waals surface area contributed by atoms with Crippen LogP contribution in [-0.2, 0) is 0 Å². The average molecular weight is 137 g/mol. The van der Waals surface area contributed by atoms with E-state index in [0.29, 0.717) is 10.8 Å². The van der Waals surface area contributed by atoms with E-state index in [0.717, 1.165) is 0 Å². The highest BCUT2D eigenvalue weighted by Gasteiger charge is 2.53. The first-order chi connectivity index (χ1) is 4.68. The van der Waals surface area contributed by atoms with Crippen molar-refractivity contribution in [2.24, 2.45) is 10.8 Å². The van der Waals surface area contributed by atoms with Crippen molar-refractivity contribution in [1.82, 2.24) is 5.32 Å². The molecule has 1 aliphatic heterocycles. The van der Waals surface area contributed by atoms with Gasteiger partial charge in [0.1, 0.15) is 0 Å². The van der Waals surface area contributed by atoms with Crippen molar-refractivity contribution in [2.45, 2.75) is 19.8 Å². The lowest BCUT2D eigenvalue weighted by atomic mass is 9.51. The van der Waals surface area contributed by atoms with Crippen LogP contribution < -0.4 is 5.32 Å². The van der Waals surface area contributed by atoms with E-state index >= 15 is 0 Å². The summed E-state index contributed by atoms with van der Waals surface area (Å²) in [6.45, 7) is 8.66. The highest BCUT2D eigenvalue weighted by molar-refractivity contribution is 5.13. The van der Waals surface area contributed by atoms with Crippen molar-refractivity contribution in [1.29, 1.82) is 0 Å². The summed E-state index contributed by atoms with van der Waals surface area (Å²) < 4.78 is 0. The summed E-state index contributed by atoms with van der Waals surface area (Å²) >= 11 is 0. The van der Waals surface area contributed by atoms with Crippen LogP contribution in [0.2, 0.25) is 0 Å². The molecule has 2 fully saturated rings. The van der Waals surface area contributed by atoms with E-state index in [-0.39, 0.29) is 0 Å². The molecular formula is C9H15N. The molecule has 0 aromatic rings. The van der Waals surface area contributed by atoms with Crippen molar-refractivity contribution < 1.29 is 0 Å². The van der Waals surface area contributed by atoms with Gasteiger partial charge in [0.25, 0.3) is 0 Å². The molecular weight excluding hydrogens is 122 g/mol. The third-order valence-electron chi connectivity index (χ3n) is 3.05. The zero-order valence-corrected chi connectivity index (χ0v) is 6.61. The third kappa shape index (κ3) is 0.671. The fourth-order valence-electron chi connectivity index (χ4n) is 2.53. The van der Waals surface area contributed by atoms with Gasteiger partial charge in [0.15, 0.2) is 0 Å². The number of rotatable bonds is 1. The van der Waals surface area contributed by atoms with Gasteiger partial charge in [-0.15, -0.1) is 6.58 Å². The first-order valence-corrected chi connectivity index (χ1v) is 4.03. The van der Waals surface area contributed by atoms with Gasteiger partial charge in [0.2, 0.25) is 0 Å². The maximum atomic E-state index is 3.86. The molecule has 0 radical (unpaired) electrons. The summed E-state index contributed by atoms with van der Waals surface area (Å²) in [7, 11) is 0. The molecule has 1 N–H and O–H groups in total.